The van der Waals surface area contributed by atoms with Crippen LogP contribution in [-0.2, 0) is 6.42 Å². The molecule has 0 amide bonds. The Morgan fingerprint density at radius 3 is 2.63 bits per heavy atom. The minimum Gasteiger partial charge on any atom is -0.398 e. The fourth-order valence-corrected chi connectivity index (χ4v) is 2.45. The molecule has 0 radical (unpaired) electrons. The molecule has 0 unspecified atom stereocenters. The maximum absolute atomic E-state index is 12.2. The van der Waals surface area contributed by atoms with Crippen molar-refractivity contribution in [1.29, 1.82) is 0 Å². The van der Waals surface area contributed by atoms with E-state index in [2.05, 4.69) is 15.9 Å². The monoisotopic (exact) mass is 337 g/mol. The van der Waals surface area contributed by atoms with E-state index in [0.717, 1.165) is 15.6 Å². The molecule has 0 fully saturated rings. The molecule has 0 spiro atoms. The Morgan fingerprint density at radius 1 is 1.26 bits per heavy atom. The molecule has 19 heavy (non-hydrogen) atoms. The fourth-order valence-electron chi connectivity index (χ4n) is 1.77. The Labute approximate surface area is 125 Å². The standard InChI is InChI=1S/C15H13BrClNO/c1-9-2-3-10(13(17)6-9)8-15(19)11-4-5-14(18)12(16)7-11/h2-7H,8,18H2,1H3. The first kappa shape index (κ1) is 14.1. The van der Waals surface area contributed by atoms with Crippen LogP contribution in [0.3, 0.4) is 0 Å². The summed E-state index contributed by atoms with van der Waals surface area (Å²) >= 11 is 9.46. The number of Topliss-reactive ketones (excluding diaryl/α,β-unsaturated/α-hetero) is 1. The molecular weight excluding hydrogens is 326 g/mol. The van der Waals surface area contributed by atoms with Gasteiger partial charge >= 0.3 is 0 Å². The fraction of sp³-hybridized carbons (Fsp3) is 0.133. The number of ketones is 1. The van der Waals surface area contributed by atoms with Gasteiger partial charge in [0.1, 0.15) is 0 Å². The lowest BCUT2D eigenvalue weighted by molar-refractivity contribution is 0.0993. The topological polar surface area (TPSA) is 43.1 Å². The van der Waals surface area contributed by atoms with Crippen LogP contribution in [-0.4, -0.2) is 5.78 Å². The second-order valence-corrected chi connectivity index (χ2v) is 5.69. The summed E-state index contributed by atoms with van der Waals surface area (Å²) in [4.78, 5) is 12.2. The van der Waals surface area contributed by atoms with E-state index in [4.69, 9.17) is 17.3 Å². The zero-order chi connectivity index (χ0) is 14.0. The molecule has 4 heteroatoms. The highest BCUT2D eigenvalue weighted by Crippen LogP contribution is 2.23. The summed E-state index contributed by atoms with van der Waals surface area (Å²) in [6.45, 7) is 1.97. The molecule has 2 aromatic carbocycles. The molecule has 0 bridgehead atoms. The Balaban J connectivity index is 2.23. The van der Waals surface area contributed by atoms with Crippen LogP contribution in [0.15, 0.2) is 40.9 Å². The summed E-state index contributed by atoms with van der Waals surface area (Å²) in [7, 11) is 0. The number of nitrogens with two attached hydrogens (primary N) is 1. The van der Waals surface area contributed by atoms with E-state index < -0.39 is 0 Å². The van der Waals surface area contributed by atoms with Crippen molar-refractivity contribution in [1.82, 2.24) is 0 Å². The molecule has 2 N–H and O–H groups in total. The molecule has 0 aromatic heterocycles. The quantitative estimate of drug-likeness (QED) is 0.665. The summed E-state index contributed by atoms with van der Waals surface area (Å²) in [5, 5.41) is 0.628. The lowest BCUT2D eigenvalue weighted by Gasteiger charge is -2.06. The average Bonchev–Trinajstić information content (AvgIpc) is 2.36. The van der Waals surface area contributed by atoms with E-state index in [1.54, 1.807) is 18.2 Å². The van der Waals surface area contributed by atoms with Crippen LogP contribution >= 0.6 is 27.5 Å². The van der Waals surface area contributed by atoms with Gasteiger partial charge < -0.3 is 5.73 Å². The molecule has 0 atom stereocenters. The first-order valence-corrected chi connectivity index (χ1v) is 6.97. The minimum atomic E-state index is 0.0199. The predicted octanol–water partition coefficient (Wildman–Crippen LogP) is 4.42. The first-order valence-electron chi connectivity index (χ1n) is 5.80. The molecule has 2 aromatic rings. The van der Waals surface area contributed by atoms with Crippen LogP contribution in [0.1, 0.15) is 21.5 Å². The molecule has 0 aliphatic carbocycles. The highest BCUT2D eigenvalue weighted by Gasteiger charge is 2.11. The molecular formula is C15H13BrClNO. The van der Waals surface area contributed by atoms with Crippen molar-refractivity contribution in [2.75, 3.05) is 5.73 Å². The van der Waals surface area contributed by atoms with Crippen molar-refractivity contribution in [2.45, 2.75) is 13.3 Å². The molecule has 0 heterocycles. The van der Waals surface area contributed by atoms with E-state index in [0.29, 0.717) is 16.3 Å². The lowest BCUT2D eigenvalue weighted by Crippen LogP contribution is -2.04. The van der Waals surface area contributed by atoms with Crippen LogP contribution in [0.5, 0.6) is 0 Å². The number of hydrogen-bond donors (Lipinski definition) is 1. The Bertz CT molecular complexity index is 640. The number of rotatable bonds is 3. The summed E-state index contributed by atoms with van der Waals surface area (Å²) < 4.78 is 0.730. The van der Waals surface area contributed by atoms with E-state index in [1.807, 2.05) is 25.1 Å². The Hall–Kier alpha value is -1.32. The highest BCUT2D eigenvalue weighted by molar-refractivity contribution is 9.10. The average molecular weight is 339 g/mol. The van der Waals surface area contributed by atoms with E-state index in [-0.39, 0.29) is 12.2 Å². The van der Waals surface area contributed by atoms with Crippen molar-refractivity contribution in [3.8, 4) is 0 Å². The number of nitrogen functional groups attached to an aromatic ring is 1. The molecule has 0 aliphatic rings. The second-order valence-electron chi connectivity index (χ2n) is 4.43. The first-order chi connectivity index (χ1) is 8.97. The molecule has 0 aliphatic heterocycles. The lowest BCUT2D eigenvalue weighted by atomic mass is 10.0. The smallest absolute Gasteiger partial charge is 0.167 e. The van der Waals surface area contributed by atoms with Gasteiger partial charge in [0.05, 0.1) is 0 Å². The van der Waals surface area contributed by atoms with Crippen molar-refractivity contribution in [2.24, 2.45) is 0 Å². The predicted molar refractivity (Wildman–Crippen MR) is 82.8 cm³/mol. The third-order valence-electron chi connectivity index (χ3n) is 2.88. The van der Waals surface area contributed by atoms with Crippen LogP contribution in [0.25, 0.3) is 0 Å². The molecule has 0 saturated carbocycles. The van der Waals surface area contributed by atoms with Crippen LogP contribution in [0.4, 0.5) is 5.69 Å². The van der Waals surface area contributed by atoms with Crippen molar-refractivity contribution in [3.63, 3.8) is 0 Å². The maximum Gasteiger partial charge on any atom is 0.167 e. The minimum absolute atomic E-state index is 0.0199. The molecule has 2 nitrogen and oxygen atoms in total. The largest absolute Gasteiger partial charge is 0.398 e. The summed E-state index contributed by atoms with van der Waals surface area (Å²) in [6, 6.07) is 10.9. The number of benzene rings is 2. The van der Waals surface area contributed by atoms with Crippen LogP contribution < -0.4 is 5.73 Å². The third-order valence-corrected chi connectivity index (χ3v) is 3.92. The molecule has 98 valence electrons. The van der Waals surface area contributed by atoms with Crippen molar-refractivity contribution < 1.29 is 4.79 Å². The van der Waals surface area contributed by atoms with Gasteiger partial charge in [-0.1, -0.05) is 23.7 Å². The van der Waals surface area contributed by atoms with Gasteiger partial charge in [-0.3, -0.25) is 4.79 Å². The van der Waals surface area contributed by atoms with E-state index >= 15 is 0 Å². The maximum atomic E-state index is 12.2. The van der Waals surface area contributed by atoms with E-state index in [1.165, 1.54) is 0 Å². The number of halogens is 2. The zero-order valence-electron chi connectivity index (χ0n) is 10.4. The normalized spacial score (nSPS) is 10.5. The van der Waals surface area contributed by atoms with Crippen molar-refractivity contribution in [3.05, 3.63) is 62.6 Å². The third kappa shape index (κ3) is 3.37. The van der Waals surface area contributed by atoms with Crippen molar-refractivity contribution >= 4 is 39.0 Å². The van der Waals surface area contributed by atoms with Gasteiger partial charge in [-0.05, 0) is 58.2 Å². The van der Waals surface area contributed by atoms with Gasteiger partial charge in [-0.15, -0.1) is 0 Å². The number of carbonyl (C=O) groups excluding carboxylic acids is 1. The molecule has 2 rings (SSSR count). The second kappa shape index (κ2) is 5.76. The van der Waals surface area contributed by atoms with Gasteiger partial charge in [0.2, 0.25) is 0 Å². The van der Waals surface area contributed by atoms with Gasteiger partial charge in [0.15, 0.2) is 5.78 Å². The van der Waals surface area contributed by atoms with Gasteiger partial charge in [-0.2, -0.15) is 0 Å². The summed E-state index contributed by atoms with van der Waals surface area (Å²) in [5.41, 5.74) is 8.86. The Morgan fingerprint density at radius 2 is 2.00 bits per heavy atom. The number of carbonyl (C=O) groups is 1. The van der Waals surface area contributed by atoms with Gasteiger partial charge in [0, 0.05) is 27.2 Å². The van der Waals surface area contributed by atoms with E-state index in [9.17, 15) is 4.79 Å². The summed E-state index contributed by atoms with van der Waals surface area (Å²) in [5.74, 6) is 0.0199. The number of hydrogen-bond acceptors (Lipinski definition) is 2. The van der Waals surface area contributed by atoms with Gasteiger partial charge in [0.25, 0.3) is 0 Å². The Kier molecular flexibility index (Phi) is 4.27. The highest BCUT2D eigenvalue weighted by atomic mass is 79.9. The van der Waals surface area contributed by atoms with Gasteiger partial charge in [-0.25, -0.2) is 0 Å². The SMILES string of the molecule is Cc1ccc(CC(=O)c2ccc(N)c(Br)c2)c(Cl)c1. The van der Waals surface area contributed by atoms with Crippen LogP contribution in [0.2, 0.25) is 5.02 Å². The summed E-state index contributed by atoms with van der Waals surface area (Å²) in [6.07, 6.45) is 0.287. The number of anilines is 1. The van der Waals surface area contributed by atoms with Crippen LogP contribution in [0, 0.1) is 6.92 Å². The zero-order valence-corrected chi connectivity index (χ0v) is 12.8. The number of aryl methyl sites for hydroxylation is 1. The molecule has 0 saturated heterocycles.